The third kappa shape index (κ3) is 6.96. The molecule has 0 atom stereocenters. The van der Waals surface area contributed by atoms with Gasteiger partial charge in [-0.15, -0.1) is 18.3 Å². The number of carbonyl (C=O) groups is 2. The number of carboxylic acid groups (broad SMARTS) is 1. The largest absolute Gasteiger partial charge is 0.573 e. The van der Waals surface area contributed by atoms with Crippen molar-refractivity contribution in [2.24, 2.45) is 5.92 Å². The molecule has 2 aromatic carbocycles. The molecule has 1 saturated carbocycles. The van der Waals surface area contributed by atoms with Crippen LogP contribution in [0.15, 0.2) is 52.9 Å². The SMILES string of the molecule is O=C(O)CC1CCC(c2ccc(NC(=O)c3nnc(Nc4cccc(OC(F)(F)F)c4)o3)cc2)CC1. The first-order valence-corrected chi connectivity index (χ1v) is 11.2. The number of halogens is 3. The van der Waals surface area contributed by atoms with Crippen molar-refractivity contribution >= 4 is 29.3 Å². The standard InChI is InChI=1S/C24H23F3N4O5/c25-24(26,27)36-19-3-1-2-18(13-19)29-23-31-30-22(35-23)21(34)28-17-10-8-16(9-11-17)15-6-4-14(5-7-15)12-20(32)33/h1-3,8-11,13-15H,4-7,12H2,(H,28,34)(H,29,31)(H,32,33). The molecule has 1 aromatic heterocycles. The highest BCUT2D eigenvalue weighted by molar-refractivity contribution is 6.00. The number of anilines is 3. The quantitative estimate of drug-likeness (QED) is 0.356. The number of carboxylic acids is 1. The highest BCUT2D eigenvalue weighted by atomic mass is 19.4. The first-order chi connectivity index (χ1) is 17.1. The van der Waals surface area contributed by atoms with Crippen LogP contribution in [0.5, 0.6) is 5.75 Å². The van der Waals surface area contributed by atoms with Crippen LogP contribution < -0.4 is 15.4 Å². The average Bonchev–Trinajstić information content (AvgIpc) is 3.27. The van der Waals surface area contributed by atoms with Crippen LogP contribution in [0.2, 0.25) is 0 Å². The second kappa shape index (κ2) is 10.7. The van der Waals surface area contributed by atoms with E-state index in [1.54, 1.807) is 12.1 Å². The van der Waals surface area contributed by atoms with Crippen molar-refractivity contribution in [2.75, 3.05) is 10.6 Å². The first-order valence-electron chi connectivity index (χ1n) is 11.2. The van der Waals surface area contributed by atoms with Crippen molar-refractivity contribution in [1.29, 1.82) is 0 Å². The van der Waals surface area contributed by atoms with E-state index >= 15 is 0 Å². The van der Waals surface area contributed by atoms with Gasteiger partial charge < -0.3 is 24.9 Å². The lowest BCUT2D eigenvalue weighted by Crippen LogP contribution is -2.17. The third-order valence-corrected chi connectivity index (χ3v) is 5.89. The topological polar surface area (TPSA) is 127 Å². The number of nitrogens with zero attached hydrogens (tertiary/aromatic N) is 2. The van der Waals surface area contributed by atoms with Gasteiger partial charge in [-0.2, -0.15) is 0 Å². The van der Waals surface area contributed by atoms with E-state index in [0.717, 1.165) is 43.4 Å². The second-order valence-electron chi connectivity index (χ2n) is 8.50. The molecule has 0 radical (unpaired) electrons. The molecule has 1 amide bonds. The Morgan fingerprint density at radius 3 is 2.42 bits per heavy atom. The summed E-state index contributed by atoms with van der Waals surface area (Å²) < 4.78 is 46.3. The lowest BCUT2D eigenvalue weighted by Gasteiger charge is -2.28. The number of hydrogen-bond acceptors (Lipinski definition) is 7. The summed E-state index contributed by atoms with van der Waals surface area (Å²) in [5.74, 6) is -1.59. The highest BCUT2D eigenvalue weighted by Gasteiger charge is 2.31. The number of carbonyl (C=O) groups excluding carboxylic acids is 1. The number of rotatable bonds is 8. The zero-order valence-electron chi connectivity index (χ0n) is 18.9. The van der Waals surface area contributed by atoms with E-state index in [1.807, 2.05) is 12.1 Å². The minimum atomic E-state index is -4.83. The molecule has 0 aliphatic heterocycles. The minimum Gasteiger partial charge on any atom is -0.481 e. The van der Waals surface area contributed by atoms with E-state index in [4.69, 9.17) is 9.52 Å². The molecule has 3 aromatic rings. The zero-order valence-corrected chi connectivity index (χ0v) is 18.9. The summed E-state index contributed by atoms with van der Waals surface area (Å²) in [5, 5.41) is 21.6. The van der Waals surface area contributed by atoms with Gasteiger partial charge in [-0.3, -0.25) is 9.59 Å². The fraction of sp³-hybridized carbons (Fsp3) is 0.333. The maximum absolute atomic E-state index is 12.5. The van der Waals surface area contributed by atoms with Crippen LogP contribution in [0.4, 0.5) is 30.6 Å². The van der Waals surface area contributed by atoms with Gasteiger partial charge in [0.05, 0.1) is 0 Å². The molecule has 190 valence electrons. The molecular weight excluding hydrogens is 481 g/mol. The summed E-state index contributed by atoms with van der Waals surface area (Å²) >= 11 is 0. The van der Waals surface area contributed by atoms with Gasteiger partial charge in [0.15, 0.2) is 0 Å². The minimum absolute atomic E-state index is 0.182. The number of hydrogen-bond donors (Lipinski definition) is 3. The van der Waals surface area contributed by atoms with Gasteiger partial charge in [0, 0.05) is 23.9 Å². The molecule has 36 heavy (non-hydrogen) atoms. The van der Waals surface area contributed by atoms with Crippen molar-refractivity contribution in [3.8, 4) is 5.75 Å². The van der Waals surface area contributed by atoms with Gasteiger partial charge >= 0.3 is 30.1 Å². The van der Waals surface area contributed by atoms with Gasteiger partial charge in [-0.25, -0.2) is 0 Å². The van der Waals surface area contributed by atoms with Crippen molar-refractivity contribution in [3.63, 3.8) is 0 Å². The van der Waals surface area contributed by atoms with Crippen LogP contribution in [0, 0.1) is 5.92 Å². The van der Waals surface area contributed by atoms with Crippen LogP contribution in [0.3, 0.4) is 0 Å². The van der Waals surface area contributed by atoms with E-state index in [2.05, 4.69) is 25.6 Å². The van der Waals surface area contributed by atoms with Crippen LogP contribution in [0.25, 0.3) is 0 Å². The van der Waals surface area contributed by atoms with Gasteiger partial charge in [-0.1, -0.05) is 23.3 Å². The molecule has 1 heterocycles. The molecule has 12 heteroatoms. The van der Waals surface area contributed by atoms with Crippen LogP contribution in [0.1, 0.15) is 54.3 Å². The Kier molecular flexibility index (Phi) is 7.41. The number of nitrogens with one attached hydrogen (secondary N) is 2. The van der Waals surface area contributed by atoms with E-state index in [-0.39, 0.29) is 29.9 Å². The number of aromatic nitrogens is 2. The molecule has 1 aliphatic carbocycles. The molecule has 0 unspecified atom stereocenters. The average molecular weight is 504 g/mol. The Labute approximate surface area is 203 Å². The Hall–Kier alpha value is -4.09. The first kappa shape index (κ1) is 25.0. The van der Waals surface area contributed by atoms with Gasteiger partial charge in [0.25, 0.3) is 0 Å². The van der Waals surface area contributed by atoms with E-state index in [1.165, 1.54) is 12.1 Å². The van der Waals surface area contributed by atoms with Gasteiger partial charge in [-0.05, 0) is 67.3 Å². The summed E-state index contributed by atoms with van der Waals surface area (Å²) in [6.07, 6.45) is -1.01. The molecular formula is C24H23F3N4O5. The predicted molar refractivity (Wildman–Crippen MR) is 122 cm³/mol. The van der Waals surface area contributed by atoms with E-state index in [9.17, 15) is 22.8 Å². The smallest absolute Gasteiger partial charge is 0.481 e. The fourth-order valence-corrected chi connectivity index (χ4v) is 4.23. The summed E-state index contributed by atoms with van der Waals surface area (Å²) in [4.78, 5) is 23.4. The molecule has 9 nitrogen and oxygen atoms in total. The van der Waals surface area contributed by atoms with Crippen molar-refractivity contribution in [3.05, 3.63) is 60.0 Å². The normalized spacial score (nSPS) is 17.9. The summed E-state index contributed by atoms with van der Waals surface area (Å²) in [6, 6.07) is 12.2. The Balaban J connectivity index is 1.31. The predicted octanol–water partition coefficient (Wildman–Crippen LogP) is 5.71. The maximum Gasteiger partial charge on any atom is 0.573 e. The number of ether oxygens (including phenoxy) is 1. The van der Waals surface area contributed by atoms with Crippen molar-refractivity contribution in [1.82, 2.24) is 10.2 Å². The van der Waals surface area contributed by atoms with Gasteiger partial charge in [0.2, 0.25) is 0 Å². The summed E-state index contributed by atoms with van der Waals surface area (Å²) in [7, 11) is 0. The lowest BCUT2D eigenvalue weighted by atomic mass is 9.77. The molecule has 3 N–H and O–H groups in total. The number of aliphatic carboxylic acids is 1. The van der Waals surface area contributed by atoms with E-state index in [0.29, 0.717) is 11.6 Å². The molecule has 1 fully saturated rings. The molecule has 0 bridgehead atoms. The lowest BCUT2D eigenvalue weighted by molar-refractivity contribution is -0.274. The third-order valence-electron chi connectivity index (χ3n) is 5.89. The number of benzene rings is 2. The van der Waals surface area contributed by atoms with Gasteiger partial charge in [0.1, 0.15) is 5.75 Å². The monoisotopic (exact) mass is 504 g/mol. The van der Waals surface area contributed by atoms with Crippen LogP contribution in [-0.2, 0) is 4.79 Å². The second-order valence-corrected chi connectivity index (χ2v) is 8.50. The summed E-state index contributed by atoms with van der Waals surface area (Å²) in [5.41, 5.74) is 1.84. The molecule has 0 spiro atoms. The van der Waals surface area contributed by atoms with Crippen LogP contribution in [-0.4, -0.2) is 33.5 Å². The van der Waals surface area contributed by atoms with Crippen LogP contribution >= 0.6 is 0 Å². The number of amides is 1. The zero-order chi connectivity index (χ0) is 25.7. The Morgan fingerprint density at radius 1 is 1.03 bits per heavy atom. The van der Waals surface area contributed by atoms with Crippen molar-refractivity contribution < 1.29 is 37.0 Å². The Morgan fingerprint density at radius 2 is 1.75 bits per heavy atom. The summed E-state index contributed by atoms with van der Waals surface area (Å²) in [6.45, 7) is 0. The Bertz CT molecular complexity index is 1200. The maximum atomic E-state index is 12.5. The highest BCUT2D eigenvalue weighted by Crippen LogP contribution is 2.37. The molecule has 4 rings (SSSR count). The number of alkyl halides is 3. The van der Waals surface area contributed by atoms with E-state index < -0.39 is 24.0 Å². The fourth-order valence-electron chi connectivity index (χ4n) is 4.23. The molecule has 1 aliphatic rings. The van der Waals surface area contributed by atoms with Crippen molar-refractivity contribution in [2.45, 2.75) is 44.4 Å². The molecule has 0 saturated heterocycles.